The SMILES string of the molecule is CC(C(=O)N1CCN(c2ccc(C(F)(F)F)cn2)CC1)n1nc(-c2cccs2)ccc1=O. The summed E-state index contributed by atoms with van der Waals surface area (Å²) in [5.41, 5.74) is -0.539. The molecular formula is C21H20F3N5O2S. The fourth-order valence-electron chi connectivity index (χ4n) is 3.52. The van der Waals surface area contributed by atoms with Crippen LogP contribution in [0, 0.1) is 0 Å². The molecule has 32 heavy (non-hydrogen) atoms. The number of piperazine rings is 1. The third-order valence-electron chi connectivity index (χ3n) is 5.31. The maximum Gasteiger partial charge on any atom is 0.417 e. The van der Waals surface area contributed by atoms with E-state index in [0.717, 1.165) is 17.1 Å². The van der Waals surface area contributed by atoms with Crippen LogP contribution in [0.2, 0.25) is 0 Å². The zero-order valence-electron chi connectivity index (χ0n) is 17.1. The number of thiophene rings is 1. The summed E-state index contributed by atoms with van der Waals surface area (Å²) in [6, 6.07) is 8.37. The Morgan fingerprint density at radius 3 is 2.44 bits per heavy atom. The lowest BCUT2D eigenvalue weighted by Gasteiger charge is -2.36. The molecule has 4 rings (SSSR count). The predicted octanol–water partition coefficient (Wildman–Crippen LogP) is 3.30. The first kappa shape index (κ1) is 22.0. The van der Waals surface area contributed by atoms with E-state index in [1.807, 2.05) is 22.4 Å². The highest BCUT2D eigenvalue weighted by atomic mass is 32.1. The number of nitrogens with zero attached hydrogens (tertiary/aromatic N) is 5. The third kappa shape index (κ3) is 4.52. The normalized spacial score (nSPS) is 15.6. The van der Waals surface area contributed by atoms with Gasteiger partial charge in [0.2, 0.25) is 5.91 Å². The maximum atomic E-state index is 13.0. The zero-order valence-corrected chi connectivity index (χ0v) is 17.9. The van der Waals surface area contributed by atoms with Gasteiger partial charge in [-0.2, -0.15) is 18.3 Å². The number of hydrogen-bond donors (Lipinski definition) is 0. The number of halogens is 3. The van der Waals surface area contributed by atoms with Crippen molar-refractivity contribution in [2.75, 3.05) is 31.1 Å². The Labute approximate surface area is 185 Å². The highest BCUT2D eigenvalue weighted by molar-refractivity contribution is 7.13. The Morgan fingerprint density at radius 1 is 1.09 bits per heavy atom. The van der Waals surface area contributed by atoms with Gasteiger partial charge in [0.25, 0.3) is 5.56 Å². The van der Waals surface area contributed by atoms with Crippen molar-refractivity contribution in [2.45, 2.75) is 19.1 Å². The second-order valence-electron chi connectivity index (χ2n) is 7.37. The first-order valence-corrected chi connectivity index (χ1v) is 10.8. The second kappa shape index (κ2) is 8.73. The van der Waals surface area contributed by atoms with E-state index >= 15 is 0 Å². The summed E-state index contributed by atoms with van der Waals surface area (Å²) in [5.74, 6) is 0.197. The van der Waals surface area contributed by atoms with E-state index in [1.54, 1.807) is 17.9 Å². The number of alkyl halides is 3. The summed E-state index contributed by atoms with van der Waals surface area (Å²) in [4.78, 5) is 33.6. The van der Waals surface area contributed by atoms with Gasteiger partial charge in [-0.05, 0) is 36.6 Å². The molecule has 3 aromatic heterocycles. The predicted molar refractivity (Wildman–Crippen MR) is 115 cm³/mol. The van der Waals surface area contributed by atoms with Crippen molar-refractivity contribution < 1.29 is 18.0 Å². The molecule has 0 aliphatic carbocycles. The van der Waals surface area contributed by atoms with Crippen LogP contribution in [0.15, 0.2) is 52.8 Å². The number of hydrogen-bond acceptors (Lipinski definition) is 6. The number of carbonyl (C=O) groups is 1. The summed E-state index contributed by atoms with van der Waals surface area (Å²) in [6.07, 6.45) is -3.62. The van der Waals surface area contributed by atoms with E-state index in [2.05, 4.69) is 10.1 Å². The molecule has 11 heteroatoms. The fourth-order valence-corrected chi connectivity index (χ4v) is 4.21. The van der Waals surface area contributed by atoms with Crippen molar-refractivity contribution in [3.63, 3.8) is 0 Å². The number of carbonyl (C=O) groups excluding carboxylic acids is 1. The average Bonchev–Trinajstić information content (AvgIpc) is 3.33. The molecule has 0 saturated carbocycles. The summed E-state index contributed by atoms with van der Waals surface area (Å²) in [6.45, 7) is 3.22. The molecule has 0 aromatic carbocycles. The van der Waals surface area contributed by atoms with E-state index < -0.39 is 17.8 Å². The van der Waals surface area contributed by atoms with Gasteiger partial charge in [0.15, 0.2) is 0 Å². The van der Waals surface area contributed by atoms with Crippen LogP contribution in [0.5, 0.6) is 0 Å². The number of aromatic nitrogens is 3. The minimum Gasteiger partial charge on any atom is -0.353 e. The van der Waals surface area contributed by atoms with E-state index in [4.69, 9.17) is 0 Å². The molecule has 4 heterocycles. The Morgan fingerprint density at radius 2 is 1.84 bits per heavy atom. The largest absolute Gasteiger partial charge is 0.417 e. The minimum atomic E-state index is -4.43. The van der Waals surface area contributed by atoms with Crippen LogP contribution in [0.4, 0.5) is 19.0 Å². The molecule has 1 aliphatic rings. The van der Waals surface area contributed by atoms with E-state index in [9.17, 15) is 22.8 Å². The van der Waals surface area contributed by atoms with E-state index in [1.165, 1.54) is 28.2 Å². The highest BCUT2D eigenvalue weighted by Gasteiger charge is 2.31. The molecule has 1 amide bonds. The standard InChI is InChI=1S/C21H20F3N5O2S/c1-14(29-19(30)7-5-16(26-29)17-3-2-12-32-17)20(31)28-10-8-27(9-11-28)18-6-4-15(13-25-18)21(22,23)24/h2-7,12-14H,8-11H2,1H3. The van der Waals surface area contributed by atoms with Crippen LogP contribution in [0.1, 0.15) is 18.5 Å². The summed E-state index contributed by atoms with van der Waals surface area (Å²) in [5, 5.41) is 6.28. The van der Waals surface area contributed by atoms with E-state index in [-0.39, 0.29) is 11.5 Å². The molecule has 1 aliphatic heterocycles. The van der Waals surface area contributed by atoms with Gasteiger partial charge in [-0.3, -0.25) is 9.59 Å². The van der Waals surface area contributed by atoms with Gasteiger partial charge in [0.05, 0.1) is 10.4 Å². The lowest BCUT2D eigenvalue weighted by atomic mass is 10.2. The Bertz CT molecular complexity index is 1140. The molecule has 0 bridgehead atoms. The molecule has 3 aromatic rings. The molecule has 168 valence electrons. The van der Waals surface area contributed by atoms with Crippen molar-refractivity contribution in [1.82, 2.24) is 19.7 Å². The second-order valence-corrected chi connectivity index (χ2v) is 8.32. The van der Waals surface area contributed by atoms with Gasteiger partial charge in [-0.15, -0.1) is 11.3 Å². The van der Waals surface area contributed by atoms with Crippen LogP contribution in [-0.2, 0) is 11.0 Å². The van der Waals surface area contributed by atoms with Gasteiger partial charge < -0.3 is 9.80 Å². The monoisotopic (exact) mass is 463 g/mol. The number of amides is 1. The summed E-state index contributed by atoms with van der Waals surface area (Å²) >= 11 is 1.49. The van der Waals surface area contributed by atoms with Crippen molar-refractivity contribution in [1.29, 1.82) is 0 Å². The molecule has 0 spiro atoms. The zero-order chi connectivity index (χ0) is 22.9. The quantitative estimate of drug-likeness (QED) is 0.594. The molecular weight excluding hydrogens is 443 g/mol. The number of anilines is 1. The molecule has 7 nitrogen and oxygen atoms in total. The van der Waals surface area contributed by atoms with Gasteiger partial charge in [0.1, 0.15) is 17.6 Å². The first-order valence-electron chi connectivity index (χ1n) is 9.95. The maximum absolute atomic E-state index is 13.0. The van der Waals surface area contributed by atoms with Gasteiger partial charge in [-0.25, -0.2) is 9.67 Å². The van der Waals surface area contributed by atoms with Crippen molar-refractivity contribution >= 4 is 23.1 Å². The molecule has 1 atom stereocenters. The first-order chi connectivity index (χ1) is 15.2. The Hall–Kier alpha value is -3.21. The third-order valence-corrected chi connectivity index (χ3v) is 6.21. The van der Waals surface area contributed by atoms with Crippen molar-refractivity contribution in [2.24, 2.45) is 0 Å². The van der Waals surface area contributed by atoms with Crippen LogP contribution >= 0.6 is 11.3 Å². The van der Waals surface area contributed by atoms with Gasteiger partial charge in [-0.1, -0.05) is 6.07 Å². The smallest absolute Gasteiger partial charge is 0.353 e. The molecule has 0 N–H and O–H groups in total. The van der Waals surface area contributed by atoms with Crippen LogP contribution in [0.25, 0.3) is 10.6 Å². The van der Waals surface area contributed by atoms with Gasteiger partial charge >= 0.3 is 6.18 Å². The molecule has 0 radical (unpaired) electrons. The van der Waals surface area contributed by atoms with Crippen molar-refractivity contribution in [3.05, 3.63) is 63.9 Å². The molecule has 1 unspecified atom stereocenters. The lowest BCUT2D eigenvalue weighted by molar-refractivity contribution is -0.138. The van der Waals surface area contributed by atoms with Gasteiger partial charge in [0, 0.05) is 38.4 Å². The van der Waals surface area contributed by atoms with Crippen LogP contribution in [-0.4, -0.2) is 51.8 Å². The van der Waals surface area contributed by atoms with E-state index in [0.29, 0.717) is 37.7 Å². The van der Waals surface area contributed by atoms with Crippen LogP contribution in [0.3, 0.4) is 0 Å². The average molecular weight is 463 g/mol. The highest BCUT2D eigenvalue weighted by Crippen LogP contribution is 2.29. The lowest BCUT2D eigenvalue weighted by Crippen LogP contribution is -2.51. The number of rotatable bonds is 4. The molecule has 1 fully saturated rings. The fraction of sp³-hybridized carbons (Fsp3) is 0.333. The minimum absolute atomic E-state index is 0.233. The van der Waals surface area contributed by atoms with Crippen molar-refractivity contribution in [3.8, 4) is 10.6 Å². The Kier molecular flexibility index (Phi) is 6.00. The number of pyridine rings is 1. The Balaban J connectivity index is 1.42. The topological polar surface area (TPSA) is 71.3 Å². The summed E-state index contributed by atoms with van der Waals surface area (Å²) < 4.78 is 39.4. The summed E-state index contributed by atoms with van der Waals surface area (Å²) in [7, 11) is 0. The van der Waals surface area contributed by atoms with Crippen LogP contribution < -0.4 is 10.5 Å². The molecule has 1 saturated heterocycles.